The number of thioether (sulfide) groups is 1. The highest BCUT2D eigenvalue weighted by molar-refractivity contribution is 8.26. The number of hydrogen-bond donors (Lipinski definition) is 1. The second kappa shape index (κ2) is 10.8. The van der Waals surface area contributed by atoms with Gasteiger partial charge in [0.15, 0.2) is 4.32 Å². The minimum atomic E-state index is -0.486. The van der Waals surface area contributed by atoms with Crippen LogP contribution in [-0.4, -0.2) is 21.1 Å². The number of hydrogen-bond acceptors (Lipinski definition) is 5. The van der Waals surface area contributed by atoms with E-state index in [1.807, 2.05) is 0 Å². The average molecular weight is 550 g/mol. The van der Waals surface area contributed by atoms with Gasteiger partial charge in [0.2, 0.25) is 0 Å². The van der Waals surface area contributed by atoms with Crippen LogP contribution in [-0.2, 0) is 11.4 Å². The summed E-state index contributed by atoms with van der Waals surface area (Å²) in [5, 5.41) is 2.54. The minimum Gasteiger partial charge on any atom is -0.489 e. The minimum absolute atomic E-state index is 0.225. The Bertz CT molecular complexity index is 1290. The second-order valence-corrected chi connectivity index (χ2v) is 9.95. The Balaban J connectivity index is 1.41. The lowest BCUT2D eigenvalue weighted by Crippen LogP contribution is -2.44. The van der Waals surface area contributed by atoms with Crippen molar-refractivity contribution in [3.05, 3.63) is 103 Å². The third-order valence-corrected chi connectivity index (χ3v) is 6.96. The van der Waals surface area contributed by atoms with E-state index in [4.69, 9.17) is 51.8 Å². The Morgan fingerprint density at radius 1 is 1.03 bits per heavy atom. The molecule has 3 aromatic carbocycles. The number of benzene rings is 3. The summed E-state index contributed by atoms with van der Waals surface area (Å²) < 4.78 is 6.01. The van der Waals surface area contributed by atoms with E-state index in [1.54, 1.807) is 66.7 Å². The molecule has 1 N–H and O–H groups in total. The Morgan fingerprint density at radius 2 is 1.71 bits per heavy atom. The van der Waals surface area contributed by atoms with Gasteiger partial charge in [0, 0.05) is 26.2 Å². The molecule has 4 rings (SSSR count). The number of nitrogens with one attached hydrogen (secondary N) is 1. The molecule has 0 unspecified atom stereocenters. The first kappa shape index (κ1) is 24.6. The topological polar surface area (TPSA) is 58.6 Å². The van der Waals surface area contributed by atoms with Crippen LogP contribution in [0.1, 0.15) is 21.5 Å². The average Bonchev–Trinajstić information content (AvgIpc) is 3.07. The summed E-state index contributed by atoms with van der Waals surface area (Å²) in [6, 6.07) is 18.9. The number of halogens is 3. The van der Waals surface area contributed by atoms with E-state index in [0.717, 1.165) is 22.3 Å². The molecule has 0 radical (unpaired) electrons. The lowest BCUT2D eigenvalue weighted by Gasteiger charge is -2.15. The van der Waals surface area contributed by atoms with Gasteiger partial charge in [-0.2, -0.15) is 5.01 Å². The van der Waals surface area contributed by atoms with E-state index in [2.05, 4.69) is 5.43 Å². The maximum atomic E-state index is 12.8. The summed E-state index contributed by atoms with van der Waals surface area (Å²) in [7, 11) is 0. The van der Waals surface area contributed by atoms with Crippen molar-refractivity contribution >= 4 is 81.0 Å². The van der Waals surface area contributed by atoms with Crippen LogP contribution in [0.15, 0.2) is 71.6 Å². The molecule has 2 amide bonds. The van der Waals surface area contributed by atoms with E-state index in [-0.39, 0.29) is 10.9 Å². The Kier molecular flexibility index (Phi) is 7.80. The molecule has 0 spiro atoms. The SMILES string of the molecule is O=C(NN1C(=O)/C(=C/c2ccc(OCc3c(Cl)cccc3Cl)cc2)SC1=S)c1cccc(Cl)c1. The maximum absolute atomic E-state index is 12.8. The summed E-state index contributed by atoms with van der Waals surface area (Å²) >= 11 is 24.7. The molecule has 10 heteroatoms. The number of carbonyl (C=O) groups excluding carboxylic acids is 2. The first-order valence-electron chi connectivity index (χ1n) is 9.82. The molecule has 0 atom stereocenters. The van der Waals surface area contributed by atoms with Crippen LogP contribution in [0.25, 0.3) is 6.08 Å². The van der Waals surface area contributed by atoms with E-state index in [0.29, 0.717) is 36.8 Å². The molecule has 0 saturated carbocycles. The normalized spacial score (nSPS) is 14.6. The van der Waals surface area contributed by atoms with Crippen LogP contribution < -0.4 is 10.2 Å². The standard InChI is InChI=1S/C24H15Cl3N2O3S2/c25-16-4-1-3-15(12-16)22(30)28-29-23(31)21(34-24(29)33)11-14-7-9-17(10-8-14)32-13-18-19(26)5-2-6-20(18)27/h1-12H,13H2,(H,28,30)/b21-11-. The molecule has 34 heavy (non-hydrogen) atoms. The first-order valence-corrected chi connectivity index (χ1v) is 12.2. The van der Waals surface area contributed by atoms with Gasteiger partial charge in [-0.1, -0.05) is 70.8 Å². The van der Waals surface area contributed by atoms with Gasteiger partial charge < -0.3 is 4.74 Å². The highest BCUT2D eigenvalue weighted by atomic mass is 35.5. The Hall–Kier alpha value is -2.55. The molecule has 0 bridgehead atoms. The summed E-state index contributed by atoms with van der Waals surface area (Å²) in [6.45, 7) is 0.225. The monoisotopic (exact) mass is 548 g/mol. The fourth-order valence-corrected chi connectivity index (χ4v) is 4.87. The molecular formula is C24H15Cl3N2O3S2. The molecule has 1 saturated heterocycles. The molecule has 0 aliphatic carbocycles. The van der Waals surface area contributed by atoms with Gasteiger partial charge >= 0.3 is 0 Å². The fourth-order valence-electron chi connectivity index (χ4n) is 3.00. The van der Waals surface area contributed by atoms with Crippen molar-refractivity contribution in [2.75, 3.05) is 0 Å². The summed E-state index contributed by atoms with van der Waals surface area (Å²) in [4.78, 5) is 25.7. The number of carbonyl (C=O) groups is 2. The molecule has 0 aromatic heterocycles. The summed E-state index contributed by atoms with van der Waals surface area (Å²) in [6.07, 6.45) is 1.69. The van der Waals surface area contributed by atoms with Crippen molar-refractivity contribution < 1.29 is 14.3 Å². The zero-order chi connectivity index (χ0) is 24.2. The molecule has 5 nitrogen and oxygen atoms in total. The van der Waals surface area contributed by atoms with Crippen LogP contribution in [0.5, 0.6) is 5.75 Å². The van der Waals surface area contributed by atoms with Gasteiger partial charge in [-0.25, -0.2) is 0 Å². The molecular weight excluding hydrogens is 535 g/mol. The number of hydrazine groups is 1. The Morgan fingerprint density at radius 3 is 2.38 bits per heavy atom. The third kappa shape index (κ3) is 5.74. The van der Waals surface area contributed by atoms with E-state index < -0.39 is 11.8 Å². The lowest BCUT2D eigenvalue weighted by molar-refractivity contribution is -0.123. The van der Waals surface area contributed by atoms with Crippen molar-refractivity contribution in [1.29, 1.82) is 0 Å². The number of amides is 2. The van der Waals surface area contributed by atoms with Crippen LogP contribution in [0, 0.1) is 0 Å². The van der Waals surface area contributed by atoms with Gasteiger partial charge in [-0.3, -0.25) is 15.0 Å². The third-order valence-electron chi connectivity index (χ3n) is 4.72. The van der Waals surface area contributed by atoms with Gasteiger partial charge in [0.05, 0.1) is 4.91 Å². The highest BCUT2D eigenvalue weighted by Gasteiger charge is 2.33. The van der Waals surface area contributed by atoms with E-state index >= 15 is 0 Å². The number of nitrogens with zero attached hydrogens (tertiary/aromatic N) is 1. The molecule has 3 aromatic rings. The Labute approximate surface area is 220 Å². The largest absolute Gasteiger partial charge is 0.489 e. The molecule has 172 valence electrons. The number of ether oxygens (including phenoxy) is 1. The van der Waals surface area contributed by atoms with Gasteiger partial charge in [-0.05, 0) is 66.3 Å². The van der Waals surface area contributed by atoms with Gasteiger partial charge in [0.25, 0.3) is 11.8 Å². The van der Waals surface area contributed by atoms with Crippen LogP contribution in [0.2, 0.25) is 15.1 Å². The van der Waals surface area contributed by atoms with Crippen molar-refractivity contribution in [3.63, 3.8) is 0 Å². The van der Waals surface area contributed by atoms with Crippen molar-refractivity contribution in [2.24, 2.45) is 0 Å². The quantitative estimate of drug-likeness (QED) is 0.272. The molecule has 1 fully saturated rings. The number of rotatable bonds is 6. The van der Waals surface area contributed by atoms with Crippen molar-refractivity contribution in [3.8, 4) is 5.75 Å². The smallest absolute Gasteiger partial charge is 0.285 e. The molecule has 1 aliphatic heterocycles. The first-order chi connectivity index (χ1) is 16.3. The van der Waals surface area contributed by atoms with Crippen LogP contribution >= 0.6 is 58.8 Å². The predicted molar refractivity (Wildman–Crippen MR) is 141 cm³/mol. The van der Waals surface area contributed by atoms with E-state index in [1.165, 1.54) is 6.07 Å². The fraction of sp³-hybridized carbons (Fsp3) is 0.0417. The predicted octanol–water partition coefficient (Wildman–Crippen LogP) is 6.77. The van der Waals surface area contributed by atoms with Crippen molar-refractivity contribution in [1.82, 2.24) is 10.4 Å². The zero-order valence-corrected chi connectivity index (χ0v) is 21.2. The maximum Gasteiger partial charge on any atom is 0.285 e. The van der Waals surface area contributed by atoms with Crippen molar-refractivity contribution in [2.45, 2.75) is 6.61 Å². The second-order valence-electron chi connectivity index (χ2n) is 7.03. The molecule has 1 aliphatic rings. The summed E-state index contributed by atoms with van der Waals surface area (Å²) in [5.41, 5.74) is 4.32. The number of thiocarbonyl (C=S) groups is 1. The highest BCUT2D eigenvalue weighted by Crippen LogP contribution is 2.32. The lowest BCUT2D eigenvalue weighted by atomic mass is 10.2. The van der Waals surface area contributed by atoms with Crippen LogP contribution in [0.4, 0.5) is 0 Å². The zero-order valence-electron chi connectivity index (χ0n) is 17.3. The summed E-state index contributed by atoms with van der Waals surface area (Å²) in [5.74, 6) is -0.284. The van der Waals surface area contributed by atoms with Gasteiger partial charge in [0.1, 0.15) is 12.4 Å². The van der Waals surface area contributed by atoms with Gasteiger partial charge in [-0.15, -0.1) is 0 Å². The van der Waals surface area contributed by atoms with E-state index in [9.17, 15) is 9.59 Å². The van der Waals surface area contributed by atoms with Crippen LogP contribution in [0.3, 0.4) is 0 Å². The molecule has 1 heterocycles.